The Morgan fingerprint density at radius 1 is 1.43 bits per heavy atom. The highest BCUT2D eigenvalue weighted by Crippen LogP contribution is 2.26. The second kappa shape index (κ2) is 5.56. The molecule has 2 heterocycles. The van der Waals surface area contributed by atoms with Crippen LogP contribution in [0.15, 0.2) is 23.0 Å². The molecule has 2 aromatic rings. The molecule has 0 aliphatic carbocycles. The quantitative estimate of drug-likeness (QED) is 0.939. The number of likely N-dealkylation sites (tertiary alicyclic amines) is 1. The van der Waals surface area contributed by atoms with E-state index in [2.05, 4.69) is 23.7 Å². The summed E-state index contributed by atoms with van der Waals surface area (Å²) < 4.78 is 7.26. The fraction of sp³-hybridized carbons (Fsp3) is 0.562. The highest BCUT2D eigenvalue weighted by Gasteiger charge is 2.28. The Labute approximate surface area is 124 Å². The Morgan fingerprint density at radius 3 is 2.95 bits per heavy atom. The molecule has 0 amide bonds. The van der Waals surface area contributed by atoms with Gasteiger partial charge in [0.05, 0.1) is 12.6 Å². The third-order valence-corrected chi connectivity index (χ3v) is 4.45. The number of aromatic amines is 1. The smallest absolute Gasteiger partial charge is 0.326 e. The van der Waals surface area contributed by atoms with E-state index in [1.165, 1.54) is 6.42 Å². The van der Waals surface area contributed by atoms with Crippen LogP contribution in [-0.4, -0.2) is 40.2 Å². The Bertz CT molecular complexity index is 686. The number of fused-ring (bicyclic) bond motifs is 1. The average Bonchev–Trinajstić information content (AvgIpc) is 3.04. The van der Waals surface area contributed by atoms with Gasteiger partial charge < -0.3 is 9.72 Å². The molecule has 1 aliphatic heterocycles. The van der Waals surface area contributed by atoms with Crippen molar-refractivity contribution in [2.75, 3.05) is 13.7 Å². The average molecular weight is 289 g/mol. The summed E-state index contributed by atoms with van der Waals surface area (Å²) in [5.41, 5.74) is 1.67. The molecule has 1 aromatic heterocycles. The third-order valence-electron chi connectivity index (χ3n) is 4.45. The van der Waals surface area contributed by atoms with Gasteiger partial charge >= 0.3 is 5.69 Å². The van der Waals surface area contributed by atoms with Crippen LogP contribution in [0.4, 0.5) is 0 Å². The van der Waals surface area contributed by atoms with E-state index in [4.69, 9.17) is 4.74 Å². The van der Waals surface area contributed by atoms with Crippen molar-refractivity contribution in [2.45, 2.75) is 45.3 Å². The van der Waals surface area contributed by atoms with Crippen LogP contribution < -0.4 is 10.4 Å². The first-order valence-corrected chi connectivity index (χ1v) is 7.63. The molecule has 3 rings (SSSR count). The fourth-order valence-electron chi connectivity index (χ4n) is 3.47. The van der Waals surface area contributed by atoms with Gasteiger partial charge in [0.2, 0.25) is 0 Å². The van der Waals surface area contributed by atoms with Crippen molar-refractivity contribution in [3.05, 3.63) is 28.7 Å². The monoisotopic (exact) mass is 289 g/mol. The molecule has 1 saturated heterocycles. The van der Waals surface area contributed by atoms with Crippen LogP contribution in [-0.2, 0) is 6.54 Å². The summed E-state index contributed by atoms with van der Waals surface area (Å²) in [6.07, 6.45) is 2.35. The molecule has 1 fully saturated rings. The molecule has 0 bridgehead atoms. The zero-order valence-corrected chi connectivity index (χ0v) is 12.9. The van der Waals surface area contributed by atoms with Gasteiger partial charge in [0, 0.05) is 18.6 Å². The number of rotatable bonds is 4. The fourth-order valence-corrected chi connectivity index (χ4v) is 3.47. The van der Waals surface area contributed by atoms with Crippen molar-refractivity contribution >= 4 is 11.0 Å². The van der Waals surface area contributed by atoms with Gasteiger partial charge in [0.25, 0.3) is 0 Å². The molecule has 0 radical (unpaired) electrons. The standard InChI is InChI=1S/C16H23N3O2/c1-11(2)18-9-5-6-12(18)10-19-15-13(17-16(19)20)7-4-8-14(15)21-3/h4,7-8,11-12H,5-6,9-10H2,1-3H3,(H,17,20). The molecule has 0 spiro atoms. The number of nitrogens with one attached hydrogen (secondary N) is 1. The third kappa shape index (κ3) is 2.46. The lowest BCUT2D eigenvalue weighted by Crippen LogP contribution is -2.39. The number of nitrogens with zero attached hydrogens (tertiary/aromatic N) is 2. The molecule has 1 unspecified atom stereocenters. The Kier molecular flexibility index (Phi) is 3.76. The van der Waals surface area contributed by atoms with Crippen molar-refractivity contribution in [1.29, 1.82) is 0 Å². The Morgan fingerprint density at radius 2 is 2.24 bits per heavy atom. The first kappa shape index (κ1) is 14.2. The molecule has 5 heteroatoms. The second-order valence-corrected chi connectivity index (χ2v) is 6.02. The number of H-pyrrole nitrogens is 1. The number of hydrogen-bond donors (Lipinski definition) is 1. The van der Waals surface area contributed by atoms with Crippen molar-refractivity contribution in [3.63, 3.8) is 0 Å². The van der Waals surface area contributed by atoms with E-state index in [-0.39, 0.29) is 5.69 Å². The number of ether oxygens (including phenoxy) is 1. The minimum atomic E-state index is -0.0508. The van der Waals surface area contributed by atoms with Crippen LogP contribution in [0.25, 0.3) is 11.0 Å². The summed E-state index contributed by atoms with van der Waals surface area (Å²) in [5, 5.41) is 0. The molecular formula is C16H23N3O2. The van der Waals surface area contributed by atoms with Crippen LogP contribution in [0, 0.1) is 0 Å². The minimum Gasteiger partial charge on any atom is -0.494 e. The van der Waals surface area contributed by atoms with Crippen molar-refractivity contribution in [2.24, 2.45) is 0 Å². The lowest BCUT2D eigenvalue weighted by atomic mass is 10.2. The van der Waals surface area contributed by atoms with Gasteiger partial charge in [-0.05, 0) is 45.4 Å². The lowest BCUT2D eigenvalue weighted by Gasteiger charge is -2.28. The summed E-state index contributed by atoms with van der Waals surface area (Å²) >= 11 is 0. The zero-order chi connectivity index (χ0) is 15.0. The summed E-state index contributed by atoms with van der Waals surface area (Å²) in [6, 6.07) is 6.66. The molecule has 21 heavy (non-hydrogen) atoms. The number of methoxy groups -OCH3 is 1. The molecule has 114 valence electrons. The minimum absolute atomic E-state index is 0.0508. The summed E-state index contributed by atoms with van der Waals surface area (Å²) in [5.74, 6) is 0.750. The van der Waals surface area contributed by atoms with E-state index < -0.39 is 0 Å². The SMILES string of the molecule is COc1cccc2[nH]c(=O)n(CC3CCCN3C(C)C)c12. The first-order valence-electron chi connectivity index (χ1n) is 7.63. The predicted octanol–water partition coefficient (Wildman–Crippen LogP) is 2.21. The summed E-state index contributed by atoms with van der Waals surface area (Å²) in [4.78, 5) is 17.7. The van der Waals surface area contributed by atoms with E-state index in [0.29, 0.717) is 12.1 Å². The first-order chi connectivity index (χ1) is 10.1. The topological polar surface area (TPSA) is 50.3 Å². The van der Waals surface area contributed by atoms with Crippen LogP contribution in [0.1, 0.15) is 26.7 Å². The van der Waals surface area contributed by atoms with Gasteiger partial charge in [-0.1, -0.05) is 6.07 Å². The van der Waals surface area contributed by atoms with Crippen LogP contribution >= 0.6 is 0 Å². The predicted molar refractivity (Wildman–Crippen MR) is 84.0 cm³/mol. The van der Waals surface area contributed by atoms with Crippen LogP contribution in [0.5, 0.6) is 5.75 Å². The van der Waals surface area contributed by atoms with Crippen LogP contribution in [0.3, 0.4) is 0 Å². The van der Waals surface area contributed by atoms with Gasteiger partial charge in [0.15, 0.2) is 0 Å². The van der Waals surface area contributed by atoms with Crippen molar-refractivity contribution in [3.8, 4) is 5.75 Å². The van der Waals surface area contributed by atoms with Gasteiger partial charge in [0.1, 0.15) is 11.3 Å². The zero-order valence-electron chi connectivity index (χ0n) is 12.9. The highest BCUT2D eigenvalue weighted by molar-refractivity contribution is 5.82. The molecule has 0 saturated carbocycles. The maximum absolute atomic E-state index is 12.3. The maximum Gasteiger partial charge on any atom is 0.326 e. The summed E-state index contributed by atoms with van der Waals surface area (Å²) in [6.45, 7) is 6.28. The van der Waals surface area contributed by atoms with E-state index in [1.54, 1.807) is 7.11 Å². The normalized spacial score (nSPS) is 19.7. The van der Waals surface area contributed by atoms with Gasteiger partial charge in [-0.25, -0.2) is 4.79 Å². The lowest BCUT2D eigenvalue weighted by molar-refractivity contribution is 0.187. The Hall–Kier alpha value is -1.75. The van der Waals surface area contributed by atoms with Crippen molar-refractivity contribution in [1.82, 2.24) is 14.5 Å². The molecular weight excluding hydrogens is 266 g/mol. The van der Waals surface area contributed by atoms with Crippen LogP contribution in [0.2, 0.25) is 0 Å². The number of imidazole rings is 1. The van der Waals surface area contributed by atoms with E-state index in [1.807, 2.05) is 22.8 Å². The molecule has 1 atom stereocenters. The Balaban J connectivity index is 2.01. The number of aromatic nitrogens is 2. The summed E-state index contributed by atoms with van der Waals surface area (Å²) in [7, 11) is 1.65. The van der Waals surface area contributed by atoms with Crippen molar-refractivity contribution < 1.29 is 4.74 Å². The molecule has 1 N–H and O–H groups in total. The van der Waals surface area contributed by atoms with Gasteiger partial charge in [-0.3, -0.25) is 9.47 Å². The number of benzene rings is 1. The molecule has 5 nitrogen and oxygen atoms in total. The van der Waals surface area contributed by atoms with Gasteiger partial charge in [-0.15, -0.1) is 0 Å². The molecule has 1 aromatic carbocycles. The second-order valence-electron chi connectivity index (χ2n) is 6.02. The largest absolute Gasteiger partial charge is 0.494 e. The highest BCUT2D eigenvalue weighted by atomic mass is 16.5. The number of hydrogen-bond acceptors (Lipinski definition) is 3. The maximum atomic E-state index is 12.3. The van der Waals surface area contributed by atoms with E-state index in [9.17, 15) is 4.79 Å². The number of para-hydroxylation sites is 1. The van der Waals surface area contributed by atoms with E-state index in [0.717, 1.165) is 36.3 Å². The van der Waals surface area contributed by atoms with Gasteiger partial charge in [-0.2, -0.15) is 0 Å². The molecule has 1 aliphatic rings. The van der Waals surface area contributed by atoms with E-state index >= 15 is 0 Å².